The maximum atomic E-state index is 12.6. The first kappa shape index (κ1) is 24.5. The van der Waals surface area contributed by atoms with E-state index in [-0.39, 0.29) is 42.2 Å². The second-order valence-electron chi connectivity index (χ2n) is 7.48. The van der Waals surface area contributed by atoms with E-state index in [0.717, 1.165) is 6.42 Å². The molecule has 2 atom stereocenters. The largest absolute Gasteiger partial charge is 1.00 e. The van der Waals surface area contributed by atoms with Gasteiger partial charge in [0.1, 0.15) is 5.60 Å². The predicted octanol–water partition coefficient (Wildman–Crippen LogP) is 0.0728. The molecule has 2 heterocycles. The van der Waals surface area contributed by atoms with Crippen LogP contribution in [0.3, 0.4) is 0 Å². The molecule has 1 saturated heterocycles. The van der Waals surface area contributed by atoms with Crippen LogP contribution in [0.4, 0.5) is 4.79 Å². The van der Waals surface area contributed by atoms with Gasteiger partial charge in [-0.3, -0.25) is 4.98 Å². The molecule has 0 bridgehead atoms. The molecule has 0 aliphatic carbocycles. The van der Waals surface area contributed by atoms with Crippen molar-refractivity contribution in [2.75, 3.05) is 13.1 Å². The van der Waals surface area contributed by atoms with Crippen LogP contribution in [0.2, 0.25) is 5.15 Å². The number of ether oxygens (including phenoxy) is 1. The molecule has 0 saturated carbocycles. The fraction of sp³-hybridized carbons (Fsp3) is 0.579. The molecule has 0 radical (unpaired) electrons. The Hall–Kier alpha value is -1.55. The molecule has 148 valence electrons. The van der Waals surface area contributed by atoms with Crippen molar-refractivity contribution in [1.82, 2.24) is 14.8 Å². The number of carbonyl (C=O) groups is 1. The molecule has 1 aromatic rings. The van der Waals surface area contributed by atoms with Crippen LogP contribution in [0.1, 0.15) is 46.7 Å². The van der Waals surface area contributed by atoms with Crippen LogP contribution in [-0.2, 0) is 9.53 Å². The molecule has 1 aliphatic heterocycles. The van der Waals surface area contributed by atoms with Gasteiger partial charge in [-0.05, 0) is 39.8 Å². The molecule has 2 amide bonds. The maximum Gasteiger partial charge on any atom is 1.00 e. The molecule has 0 N–H and O–H groups in total. The number of nitrogens with zero attached hydrogens (tertiary/aromatic N) is 4. The van der Waals surface area contributed by atoms with Crippen molar-refractivity contribution in [2.24, 2.45) is 4.99 Å². The Morgan fingerprint density at radius 2 is 2.11 bits per heavy atom. The zero-order chi connectivity index (χ0) is 20.2. The van der Waals surface area contributed by atoms with Gasteiger partial charge in [0.15, 0.2) is 0 Å². The number of piperazine rings is 1. The molecule has 7 nitrogen and oxygen atoms in total. The summed E-state index contributed by atoms with van der Waals surface area (Å²) in [5.41, 5.74) is -0.188. The van der Waals surface area contributed by atoms with Crippen molar-refractivity contribution in [3.8, 4) is 0 Å². The Bertz CT molecular complexity index is 723. The number of halogens is 1. The monoisotopic (exact) mass is 399 g/mol. The van der Waals surface area contributed by atoms with Gasteiger partial charge in [-0.15, -0.1) is 6.07 Å². The van der Waals surface area contributed by atoms with E-state index in [1.54, 1.807) is 23.4 Å². The Kier molecular flexibility index (Phi) is 9.00. The van der Waals surface area contributed by atoms with Crippen molar-refractivity contribution >= 4 is 29.9 Å². The van der Waals surface area contributed by atoms with Crippen LogP contribution in [-0.4, -0.2) is 63.9 Å². The summed E-state index contributed by atoms with van der Waals surface area (Å²) >= 11 is 5.97. The molecule has 28 heavy (non-hydrogen) atoms. The number of aliphatic imine (C=N–C) groups is 1. The Morgan fingerprint density at radius 1 is 1.43 bits per heavy atom. The summed E-state index contributed by atoms with van der Waals surface area (Å²) < 4.78 is 5.54. The van der Waals surface area contributed by atoms with E-state index < -0.39 is 5.60 Å². The molecule has 0 aromatic carbocycles. The molecule has 9 heteroatoms. The Morgan fingerprint density at radius 3 is 2.64 bits per heavy atom. The molecule has 1 aliphatic rings. The van der Waals surface area contributed by atoms with Crippen LogP contribution in [0.15, 0.2) is 17.1 Å². The third-order valence-corrected chi connectivity index (χ3v) is 4.45. The average Bonchev–Trinajstić information content (AvgIpc) is 2.58. The van der Waals surface area contributed by atoms with Gasteiger partial charge < -0.3 is 24.3 Å². The van der Waals surface area contributed by atoms with Crippen LogP contribution in [0, 0.1) is 6.07 Å². The third-order valence-electron chi connectivity index (χ3n) is 4.24. The van der Waals surface area contributed by atoms with E-state index in [1.807, 2.05) is 39.5 Å². The molecular formula is C19H25ClLiN4O3-. The summed E-state index contributed by atoms with van der Waals surface area (Å²) in [6.45, 7) is 10.4. The van der Waals surface area contributed by atoms with Crippen LogP contribution in [0.25, 0.3) is 0 Å². The van der Waals surface area contributed by atoms with Gasteiger partial charge in [0.05, 0.1) is 17.6 Å². The number of hydrogen-bond donors (Lipinski definition) is 0. The van der Waals surface area contributed by atoms with Crippen molar-refractivity contribution < 1.29 is 33.2 Å². The van der Waals surface area contributed by atoms with Gasteiger partial charge in [0.25, 0.3) is 0 Å². The number of rotatable bonds is 3. The number of aromatic nitrogens is 1. The van der Waals surface area contributed by atoms with Crippen molar-refractivity contribution in [1.29, 1.82) is 0 Å². The van der Waals surface area contributed by atoms with Gasteiger partial charge in [-0.1, -0.05) is 18.5 Å². The van der Waals surface area contributed by atoms with Gasteiger partial charge in [0.2, 0.25) is 0 Å². The van der Waals surface area contributed by atoms with E-state index in [4.69, 9.17) is 16.3 Å². The van der Waals surface area contributed by atoms with E-state index in [1.165, 1.54) is 0 Å². The van der Waals surface area contributed by atoms with Crippen LogP contribution < -0.4 is 18.9 Å². The maximum absolute atomic E-state index is 12.6. The quantitative estimate of drug-likeness (QED) is 0.236. The zero-order valence-electron chi connectivity index (χ0n) is 17.3. The topological polar surface area (TPSA) is 75.1 Å². The number of hydrogen-bond acceptors (Lipinski definition) is 4. The average molecular weight is 400 g/mol. The molecule has 1 fully saturated rings. The summed E-state index contributed by atoms with van der Waals surface area (Å²) in [5, 5.41) is 0.287. The summed E-state index contributed by atoms with van der Waals surface area (Å²) in [5.74, 6) is 0.349. The van der Waals surface area contributed by atoms with Crippen LogP contribution >= 0.6 is 11.6 Å². The smallest absolute Gasteiger partial charge is 0.444 e. The summed E-state index contributed by atoms with van der Waals surface area (Å²) in [6, 6.07) is 5.99. The number of carbonyl (C=O) groups excluding carboxylic acids is 2. The van der Waals surface area contributed by atoms with E-state index in [0.29, 0.717) is 24.6 Å². The summed E-state index contributed by atoms with van der Waals surface area (Å²) in [4.78, 5) is 35.4. The van der Waals surface area contributed by atoms with E-state index in [2.05, 4.69) is 16.0 Å². The molecule has 2 rings (SSSR count). The standard InChI is InChI=1S/C19H25ClN4O3.Li/c1-6-14-11-23(13(2)10-24(14)18(26)27-19(3,4)5)17(21-12-25)15-8-7-9-16(20)22-15;/h7,9,13-14H,6,10-11H2,1-5H3;/q-2;+1/t13-,14+;/m0./s1. The molecule has 0 spiro atoms. The fourth-order valence-electron chi connectivity index (χ4n) is 3.00. The molecular weight excluding hydrogens is 375 g/mol. The predicted molar refractivity (Wildman–Crippen MR) is 104 cm³/mol. The number of amides is 2. The first-order valence-electron chi connectivity index (χ1n) is 8.92. The molecule has 0 unspecified atom stereocenters. The van der Waals surface area contributed by atoms with Crippen molar-refractivity contribution in [3.63, 3.8) is 0 Å². The van der Waals surface area contributed by atoms with Gasteiger partial charge in [-0.25, -0.2) is 4.79 Å². The van der Waals surface area contributed by atoms with Gasteiger partial charge in [0, 0.05) is 25.0 Å². The first-order chi connectivity index (χ1) is 12.7. The second kappa shape index (κ2) is 10.3. The molecule has 1 aromatic heterocycles. The fourth-order valence-corrected chi connectivity index (χ4v) is 3.15. The number of amidine groups is 1. The Labute approximate surface area is 183 Å². The van der Waals surface area contributed by atoms with Crippen molar-refractivity contribution in [2.45, 2.75) is 58.7 Å². The summed E-state index contributed by atoms with van der Waals surface area (Å²) in [7, 11) is 0. The van der Waals surface area contributed by atoms with Gasteiger partial charge in [-0.2, -0.15) is 12.1 Å². The minimum absolute atomic E-state index is 0. The number of pyridine rings is 1. The first-order valence-corrected chi connectivity index (χ1v) is 9.29. The minimum Gasteiger partial charge on any atom is -0.444 e. The zero-order valence-corrected chi connectivity index (χ0v) is 18.1. The SMILES string of the molecule is CC[C@@H]1CN(C(=N[C-]=O)c2[c-]ccc(Cl)n2)[C@@H](C)CN1C(=O)OC(C)(C)C.[Li+]. The second-order valence-corrected chi connectivity index (χ2v) is 7.87. The minimum atomic E-state index is -0.561. The van der Waals surface area contributed by atoms with Crippen LogP contribution in [0.5, 0.6) is 0 Å². The van der Waals surface area contributed by atoms with Crippen molar-refractivity contribution in [3.05, 3.63) is 29.0 Å². The van der Waals surface area contributed by atoms with E-state index in [9.17, 15) is 9.59 Å². The van der Waals surface area contributed by atoms with Gasteiger partial charge >= 0.3 is 25.0 Å². The Balaban J connectivity index is 0.00000392. The third kappa shape index (κ3) is 6.23. The van der Waals surface area contributed by atoms with E-state index >= 15 is 0 Å². The normalized spacial score (nSPS) is 20.4. The summed E-state index contributed by atoms with van der Waals surface area (Å²) in [6.07, 6.45) is 1.98.